The van der Waals surface area contributed by atoms with E-state index in [0.29, 0.717) is 16.3 Å². The first-order chi connectivity index (χ1) is 8.60. The van der Waals surface area contributed by atoms with Gasteiger partial charge in [0.2, 0.25) is 5.88 Å². The summed E-state index contributed by atoms with van der Waals surface area (Å²) in [7, 11) is 0. The van der Waals surface area contributed by atoms with E-state index in [2.05, 4.69) is 4.98 Å². The number of nitriles is 1. The molecule has 1 aromatic carbocycles. The number of rotatable bonds is 2. The van der Waals surface area contributed by atoms with Crippen LogP contribution in [0, 0.1) is 11.3 Å². The van der Waals surface area contributed by atoms with E-state index in [4.69, 9.17) is 44.8 Å². The van der Waals surface area contributed by atoms with E-state index >= 15 is 0 Å². The van der Waals surface area contributed by atoms with Gasteiger partial charge < -0.3 is 4.74 Å². The number of nitrogens with zero attached hydrogens (tertiary/aromatic N) is 2. The molecule has 6 heteroatoms. The summed E-state index contributed by atoms with van der Waals surface area (Å²) >= 11 is 17.6. The lowest BCUT2D eigenvalue weighted by Crippen LogP contribution is -1.90. The minimum Gasteiger partial charge on any atom is -0.437 e. The van der Waals surface area contributed by atoms with E-state index < -0.39 is 0 Å². The maximum absolute atomic E-state index is 8.81. The zero-order valence-corrected chi connectivity index (χ0v) is 11.1. The fraction of sp³-hybridized carbons (Fsp3) is 0. The highest BCUT2D eigenvalue weighted by Gasteiger charge is 2.09. The Balaban J connectivity index is 2.37. The van der Waals surface area contributed by atoms with Crippen molar-refractivity contribution < 1.29 is 4.74 Å². The second kappa shape index (κ2) is 5.45. The van der Waals surface area contributed by atoms with Crippen LogP contribution in [-0.2, 0) is 0 Å². The lowest BCUT2D eigenvalue weighted by molar-refractivity contribution is 0.463. The smallest absolute Gasteiger partial charge is 0.222 e. The quantitative estimate of drug-likeness (QED) is 0.755. The van der Waals surface area contributed by atoms with Gasteiger partial charge in [0.05, 0.1) is 16.7 Å². The molecule has 0 aliphatic rings. The summed E-state index contributed by atoms with van der Waals surface area (Å²) in [6, 6.07) is 9.83. The van der Waals surface area contributed by atoms with Gasteiger partial charge in [0.15, 0.2) is 0 Å². The van der Waals surface area contributed by atoms with Gasteiger partial charge in [0.1, 0.15) is 15.9 Å². The molecule has 0 bridgehead atoms. The molecule has 0 amide bonds. The zero-order valence-electron chi connectivity index (χ0n) is 8.82. The molecule has 0 unspecified atom stereocenters. The van der Waals surface area contributed by atoms with E-state index in [-0.39, 0.29) is 16.1 Å². The Morgan fingerprint density at radius 3 is 2.67 bits per heavy atom. The highest BCUT2D eigenvalue weighted by Crippen LogP contribution is 2.34. The van der Waals surface area contributed by atoms with Crippen LogP contribution in [0.15, 0.2) is 30.3 Å². The lowest BCUT2D eigenvalue weighted by atomic mass is 10.3. The van der Waals surface area contributed by atoms with Gasteiger partial charge in [-0.15, -0.1) is 0 Å². The summed E-state index contributed by atoms with van der Waals surface area (Å²) in [4.78, 5) is 3.94. The predicted molar refractivity (Wildman–Crippen MR) is 70.5 cm³/mol. The molecule has 0 aliphatic heterocycles. The Hall–Kier alpha value is -1.47. The molecule has 0 radical (unpaired) electrons. The number of pyridine rings is 1. The summed E-state index contributed by atoms with van der Waals surface area (Å²) < 4.78 is 5.45. The molecule has 2 rings (SSSR count). The molecule has 0 spiro atoms. The Kier molecular flexibility index (Phi) is 3.93. The fourth-order valence-corrected chi connectivity index (χ4v) is 1.80. The minimum atomic E-state index is 0.169. The minimum absolute atomic E-state index is 0.169. The van der Waals surface area contributed by atoms with Crippen LogP contribution in [0.5, 0.6) is 11.6 Å². The summed E-state index contributed by atoms with van der Waals surface area (Å²) in [5.41, 5.74) is 0.350. The van der Waals surface area contributed by atoms with Crippen LogP contribution in [0.4, 0.5) is 0 Å². The first kappa shape index (κ1) is 13.0. The van der Waals surface area contributed by atoms with Gasteiger partial charge in [0.25, 0.3) is 0 Å². The Bertz CT molecular complexity index is 638. The summed E-state index contributed by atoms with van der Waals surface area (Å²) in [5, 5.41) is 9.63. The van der Waals surface area contributed by atoms with Crippen molar-refractivity contribution in [3.63, 3.8) is 0 Å². The van der Waals surface area contributed by atoms with Gasteiger partial charge in [0, 0.05) is 6.07 Å². The molecule has 0 saturated heterocycles. The van der Waals surface area contributed by atoms with Crippen LogP contribution < -0.4 is 4.74 Å². The molecule has 3 nitrogen and oxygen atoms in total. The molecule has 0 aliphatic carbocycles. The number of ether oxygens (including phenoxy) is 1. The highest BCUT2D eigenvalue weighted by atomic mass is 35.5. The molecule has 0 N–H and O–H groups in total. The van der Waals surface area contributed by atoms with Crippen LogP contribution in [0.2, 0.25) is 15.2 Å². The van der Waals surface area contributed by atoms with E-state index in [1.165, 1.54) is 12.1 Å². The summed E-state index contributed by atoms with van der Waals surface area (Å²) in [5.74, 6) is 0.533. The molecule has 2 aromatic rings. The topological polar surface area (TPSA) is 45.9 Å². The van der Waals surface area contributed by atoms with Crippen LogP contribution in [-0.4, -0.2) is 4.98 Å². The van der Waals surface area contributed by atoms with E-state index in [0.717, 1.165) is 0 Å². The first-order valence-corrected chi connectivity index (χ1v) is 5.93. The second-order valence-corrected chi connectivity index (χ2v) is 4.46. The molecule has 0 saturated carbocycles. The van der Waals surface area contributed by atoms with Crippen molar-refractivity contribution >= 4 is 34.8 Å². The van der Waals surface area contributed by atoms with Crippen molar-refractivity contribution in [1.82, 2.24) is 4.98 Å². The van der Waals surface area contributed by atoms with Gasteiger partial charge in [-0.2, -0.15) is 5.26 Å². The number of benzene rings is 1. The number of hydrogen-bond donors (Lipinski definition) is 0. The van der Waals surface area contributed by atoms with Crippen LogP contribution in [0.25, 0.3) is 0 Å². The second-order valence-electron chi connectivity index (χ2n) is 3.28. The van der Waals surface area contributed by atoms with E-state index in [1.54, 1.807) is 18.2 Å². The van der Waals surface area contributed by atoms with E-state index in [9.17, 15) is 0 Å². The largest absolute Gasteiger partial charge is 0.437 e. The molecule has 1 aromatic heterocycles. The van der Waals surface area contributed by atoms with Crippen LogP contribution in [0.1, 0.15) is 5.56 Å². The molecule has 18 heavy (non-hydrogen) atoms. The molecule has 0 fully saturated rings. The van der Waals surface area contributed by atoms with Crippen molar-refractivity contribution in [3.8, 4) is 17.7 Å². The third kappa shape index (κ3) is 2.85. The van der Waals surface area contributed by atoms with Crippen molar-refractivity contribution in [2.24, 2.45) is 0 Å². The average molecular weight is 300 g/mol. The highest BCUT2D eigenvalue weighted by molar-refractivity contribution is 6.42. The van der Waals surface area contributed by atoms with Crippen molar-refractivity contribution in [1.29, 1.82) is 5.26 Å². The van der Waals surface area contributed by atoms with Crippen molar-refractivity contribution in [3.05, 3.63) is 51.1 Å². The number of hydrogen-bond acceptors (Lipinski definition) is 3. The van der Waals surface area contributed by atoms with E-state index in [1.807, 2.05) is 6.07 Å². The number of halogens is 3. The van der Waals surface area contributed by atoms with Gasteiger partial charge >= 0.3 is 0 Å². The molecular formula is C12H5Cl3N2O. The molecular weight excluding hydrogens is 295 g/mol. The van der Waals surface area contributed by atoms with Crippen molar-refractivity contribution in [2.75, 3.05) is 0 Å². The Morgan fingerprint density at radius 2 is 1.94 bits per heavy atom. The number of aromatic nitrogens is 1. The van der Waals surface area contributed by atoms with Crippen LogP contribution >= 0.6 is 34.8 Å². The molecule has 90 valence electrons. The first-order valence-electron chi connectivity index (χ1n) is 4.79. The third-order valence-corrected chi connectivity index (χ3v) is 3.03. The van der Waals surface area contributed by atoms with Gasteiger partial charge in [-0.3, -0.25) is 0 Å². The Labute approximate surface area is 118 Å². The van der Waals surface area contributed by atoms with Gasteiger partial charge in [-0.1, -0.05) is 40.9 Å². The van der Waals surface area contributed by atoms with Gasteiger partial charge in [-0.05, 0) is 18.2 Å². The zero-order chi connectivity index (χ0) is 13.1. The van der Waals surface area contributed by atoms with Crippen molar-refractivity contribution in [2.45, 2.75) is 0 Å². The maximum atomic E-state index is 8.81. The summed E-state index contributed by atoms with van der Waals surface area (Å²) in [6.45, 7) is 0. The fourth-order valence-electron chi connectivity index (χ4n) is 1.27. The third-order valence-electron chi connectivity index (χ3n) is 2.03. The maximum Gasteiger partial charge on any atom is 0.222 e. The standard InChI is InChI=1S/C12H5Cl3N2O/c13-8-2-1-3-9(12(8)15)18-11-5-7(6-16)4-10(14)17-11/h1-5H. The van der Waals surface area contributed by atoms with Crippen LogP contribution in [0.3, 0.4) is 0 Å². The molecule has 0 atom stereocenters. The Morgan fingerprint density at radius 1 is 1.17 bits per heavy atom. The normalized spacial score (nSPS) is 9.89. The monoisotopic (exact) mass is 298 g/mol. The SMILES string of the molecule is N#Cc1cc(Cl)nc(Oc2cccc(Cl)c2Cl)c1. The predicted octanol–water partition coefficient (Wildman–Crippen LogP) is 4.71. The average Bonchev–Trinajstić information content (AvgIpc) is 2.34. The molecule has 1 heterocycles. The lowest BCUT2D eigenvalue weighted by Gasteiger charge is -2.07. The van der Waals surface area contributed by atoms with Gasteiger partial charge in [-0.25, -0.2) is 4.98 Å². The summed E-state index contributed by atoms with van der Waals surface area (Å²) in [6.07, 6.45) is 0.